The van der Waals surface area contributed by atoms with Gasteiger partial charge in [0, 0.05) is 11.8 Å². The summed E-state index contributed by atoms with van der Waals surface area (Å²) in [6.07, 6.45) is 0. The zero-order valence-electron chi connectivity index (χ0n) is 10.7. The van der Waals surface area contributed by atoms with Gasteiger partial charge in [0.15, 0.2) is 5.16 Å². The van der Waals surface area contributed by atoms with Crippen molar-refractivity contribution in [3.05, 3.63) is 41.5 Å². The molecule has 0 radical (unpaired) electrons. The van der Waals surface area contributed by atoms with Crippen LogP contribution in [0.3, 0.4) is 0 Å². The van der Waals surface area contributed by atoms with E-state index in [4.69, 9.17) is 0 Å². The first-order chi connectivity index (χ1) is 8.58. The molecule has 0 amide bonds. The molecule has 2 aromatic rings. The Labute approximate surface area is 110 Å². The molecule has 96 valence electrons. The van der Waals surface area contributed by atoms with Crippen molar-refractivity contribution in [2.45, 2.75) is 37.7 Å². The molecule has 0 saturated heterocycles. The summed E-state index contributed by atoms with van der Waals surface area (Å²) in [5.74, 6) is 1.49. The van der Waals surface area contributed by atoms with Crippen molar-refractivity contribution in [1.29, 1.82) is 0 Å². The minimum Gasteiger partial charge on any atom is -0.304 e. The van der Waals surface area contributed by atoms with Gasteiger partial charge in [0.1, 0.15) is 11.6 Å². The van der Waals surface area contributed by atoms with Gasteiger partial charge in [-0.3, -0.25) is 0 Å². The van der Waals surface area contributed by atoms with Gasteiger partial charge in [-0.1, -0.05) is 23.9 Å². The number of halogens is 1. The van der Waals surface area contributed by atoms with Crippen molar-refractivity contribution in [3.63, 3.8) is 0 Å². The number of benzene rings is 1. The van der Waals surface area contributed by atoms with E-state index in [0.29, 0.717) is 6.04 Å². The van der Waals surface area contributed by atoms with Gasteiger partial charge in [0.25, 0.3) is 0 Å². The van der Waals surface area contributed by atoms with Gasteiger partial charge in [-0.05, 0) is 38.5 Å². The Kier molecular flexibility index (Phi) is 4.01. The lowest BCUT2D eigenvalue weighted by atomic mass is 10.2. The molecule has 0 N–H and O–H groups in total. The lowest BCUT2D eigenvalue weighted by Crippen LogP contribution is -2.04. The second kappa shape index (κ2) is 5.52. The molecule has 0 aliphatic carbocycles. The Morgan fingerprint density at radius 2 is 1.89 bits per heavy atom. The fourth-order valence-corrected chi connectivity index (χ4v) is 2.84. The van der Waals surface area contributed by atoms with Crippen molar-refractivity contribution in [2.24, 2.45) is 0 Å². The predicted octanol–water partition coefficient (Wildman–Crippen LogP) is 3.60. The average Bonchev–Trinajstić information content (AvgIpc) is 2.70. The van der Waals surface area contributed by atoms with Crippen molar-refractivity contribution >= 4 is 11.8 Å². The molecular formula is C13H16FN3S. The first kappa shape index (κ1) is 13.1. The van der Waals surface area contributed by atoms with E-state index in [9.17, 15) is 4.39 Å². The van der Waals surface area contributed by atoms with Gasteiger partial charge in [-0.25, -0.2) is 4.39 Å². The summed E-state index contributed by atoms with van der Waals surface area (Å²) >= 11 is 1.62. The first-order valence-electron chi connectivity index (χ1n) is 5.86. The lowest BCUT2D eigenvalue weighted by molar-refractivity contribution is 0.536. The summed E-state index contributed by atoms with van der Waals surface area (Å²) in [7, 11) is 0. The van der Waals surface area contributed by atoms with Crippen LogP contribution in [-0.4, -0.2) is 14.8 Å². The third kappa shape index (κ3) is 2.90. The molecule has 0 unspecified atom stereocenters. The molecule has 0 atom stereocenters. The van der Waals surface area contributed by atoms with Crippen molar-refractivity contribution < 1.29 is 4.39 Å². The third-order valence-corrected chi connectivity index (χ3v) is 3.65. The third-order valence-electron chi connectivity index (χ3n) is 2.63. The van der Waals surface area contributed by atoms with Crippen LogP contribution >= 0.6 is 11.8 Å². The summed E-state index contributed by atoms with van der Waals surface area (Å²) in [4.78, 5) is 0. The number of aromatic nitrogens is 3. The average molecular weight is 265 g/mol. The van der Waals surface area contributed by atoms with E-state index in [0.717, 1.165) is 22.3 Å². The monoisotopic (exact) mass is 265 g/mol. The van der Waals surface area contributed by atoms with Crippen LogP contribution in [0, 0.1) is 12.7 Å². The van der Waals surface area contributed by atoms with E-state index in [1.54, 1.807) is 23.9 Å². The summed E-state index contributed by atoms with van der Waals surface area (Å²) in [6.45, 7) is 6.17. The van der Waals surface area contributed by atoms with Crippen molar-refractivity contribution in [2.75, 3.05) is 0 Å². The van der Waals surface area contributed by atoms with Gasteiger partial charge in [0.2, 0.25) is 0 Å². The second-order valence-electron chi connectivity index (χ2n) is 4.41. The lowest BCUT2D eigenvalue weighted by Gasteiger charge is -2.11. The number of aryl methyl sites for hydroxylation is 1. The molecule has 0 spiro atoms. The van der Waals surface area contributed by atoms with E-state index in [1.165, 1.54) is 12.1 Å². The van der Waals surface area contributed by atoms with Gasteiger partial charge in [-0.2, -0.15) is 0 Å². The van der Waals surface area contributed by atoms with Crippen LogP contribution in [0.15, 0.2) is 29.4 Å². The topological polar surface area (TPSA) is 30.7 Å². The molecule has 1 aromatic carbocycles. The number of nitrogens with zero attached hydrogens (tertiary/aromatic N) is 3. The second-order valence-corrected chi connectivity index (χ2v) is 5.35. The zero-order valence-corrected chi connectivity index (χ0v) is 11.5. The highest BCUT2D eigenvalue weighted by molar-refractivity contribution is 7.98. The molecule has 1 aromatic heterocycles. The zero-order chi connectivity index (χ0) is 13.1. The highest BCUT2D eigenvalue weighted by Gasteiger charge is 2.11. The highest BCUT2D eigenvalue weighted by atomic mass is 32.2. The van der Waals surface area contributed by atoms with E-state index in [2.05, 4.69) is 28.6 Å². The highest BCUT2D eigenvalue weighted by Crippen LogP contribution is 2.24. The SMILES string of the molecule is Cc1nnc(SCc2ccc(F)cc2)n1C(C)C. The van der Waals surface area contributed by atoms with Crippen LogP contribution in [0.1, 0.15) is 31.3 Å². The summed E-state index contributed by atoms with van der Waals surface area (Å²) in [5.41, 5.74) is 1.08. The predicted molar refractivity (Wildman–Crippen MR) is 71.1 cm³/mol. The van der Waals surface area contributed by atoms with E-state index < -0.39 is 0 Å². The standard InChI is InChI=1S/C13H16FN3S/c1-9(2)17-10(3)15-16-13(17)18-8-11-4-6-12(14)7-5-11/h4-7,9H,8H2,1-3H3. The van der Waals surface area contributed by atoms with Gasteiger partial charge in [-0.15, -0.1) is 10.2 Å². The first-order valence-corrected chi connectivity index (χ1v) is 6.85. The molecular weight excluding hydrogens is 249 g/mol. The summed E-state index contributed by atoms with van der Waals surface area (Å²) < 4.78 is 14.9. The van der Waals surface area contributed by atoms with Crippen molar-refractivity contribution in [1.82, 2.24) is 14.8 Å². The minimum atomic E-state index is -0.204. The number of hydrogen-bond acceptors (Lipinski definition) is 3. The molecule has 0 aliphatic heterocycles. The Morgan fingerprint density at radius 1 is 1.22 bits per heavy atom. The van der Waals surface area contributed by atoms with Crippen LogP contribution in [-0.2, 0) is 5.75 Å². The van der Waals surface area contributed by atoms with Crippen LogP contribution < -0.4 is 0 Å². The molecule has 1 heterocycles. The maximum atomic E-state index is 12.8. The normalized spacial score (nSPS) is 11.2. The number of hydrogen-bond donors (Lipinski definition) is 0. The molecule has 2 rings (SSSR count). The van der Waals surface area contributed by atoms with E-state index >= 15 is 0 Å². The van der Waals surface area contributed by atoms with Crippen LogP contribution in [0.5, 0.6) is 0 Å². The number of thioether (sulfide) groups is 1. The smallest absolute Gasteiger partial charge is 0.191 e. The Bertz CT molecular complexity index is 520. The van der Waals surface area contributed by atoms with Crippen molar-refractivity contribution in [3.8, 4) is 0 Å². The molecule has 3 nitrogen and oxygen atoms in total. The maximum absolute atomic E-state index is 12.8. The molecule has 18 heavy (non-hydrogen) atoms. The van der Waals surface area contributed by atoms with Crippen LogP contribution in [0.25, 0.3) is 0 Å². The number of rotatable bonds is 4. The fraction of sp³-hybridized carbons (Fsp3) is 0.385. The fourth-order valence-electron chi connectivity index (χ4n) is 1.77. The van der Waals surface area contributed by atoms with Gasteiger partial charge >= 0.3 is 0 Å². The van der Waals surface area contributed by atoms with Crippen LogP contribution in [0.4, 0.5) is 4.39 Å². The largest absolute Gasteiger partial charge is 0.304 e. The minimum absolute atomic E-state index is 0.204. The van der Waals surface area contributed by atoms with E-state index in [1.807, 2.05) is 6.92 Å². The Balaban J connectivity index is 2.08. The van der Waals surface area contributed by atoms with Gasteiger partial charge < -0.3 is 4.57 Å². The van der Waals surface area contributed by atoms with Gasteiger partial charge in [0.05, 0.1) is 0 Å². The maximum Gasteiger partial charge on any atom is 0.191 e. The molecule has 0 saturated carbocycles. The Morgan fingerprint density at radius 3 is 2.50 bits per heavy atom. The molecule has 0 fully saturated rings. The summed E-state index contributed by atoms with van der Waals surface area (Å²) in [5, 5.41) is 9.18. The quantitative estimate of drug-likeness (QED) is 0.791. The van der Waals surface area contributed by atoms with E-state index in [-0.39, 0.29) is 5.82 Å². The molecule has 0 aliphatic rings. The molecule has 0 bridgehead atoms. The Hall–Kier alpha value is -1.36. The molecule has 5 heteroatoms. The van der Waals surface area contributed by atoms with Crippen LogP contribution in [0.2, 0.25) is 0 Å². The summed E-state index contributed by atoms with van der Waals surface area (Å²) in [6, 6.07) is 6.90.